The van der Waals surface area contributed by atoms with Gasteiger partial charge in [0.15, 0.2) is 5.58 Å². The molecule has 0 amide bonds. The zero-order valence-corrected chi connectivity index (χ0v) is 13.7. The van der Waals surface area contributed by atoms with Gasteiger partial charge in [0, 0.05) is 0 Å². The maximum atomic E-state index is 12.6. The van der Waals surface area contributed by atoms with Gasteiger partial charge in [0.25, 0.3) is 10.0 Å². The van der Waals surface area contributed by atoms with E-state index in [0.717, 1.165) is 0 Å². The molecule has 0 atom stereocenters. The Kier molecular flexibility index (Phi) is 3.72. The van der Waals surface area contributed by atoms with E-state index >= 15 is 0 Å². The van der Waals surface area contributed by atoms with Crippen LogP contribution in [0.15, 0.2) is 50.5 Å². The molecule has 0 spiro atoms. The smallest absolute Gasteiger partial charge is 0.405 e. The van der Waals surface area contributed by atoms with Gasteiger partial charge in [-0.25, -0.2) is 13.2 Å². The molecule has 2 aromatic carbocycles. The average molecular weight is 379 g/mol. The molecule has 1 heterocycles. The number of hydrogen-bond donors (Lipinski definition) is 0. The van der Waals surface area contributed by atoms with Crippen molar-refractivity contribution in [1.29, 1.82) is 0 Å². The van der Waals surface area contributed by atoms with Crippen molar-refractivity contribution >= 4 is 55.9 Å². The Morgan fingerprint density at radius 1 is 1.00 bits per heavy atom. The first-order valence-electron chi connectivity index (χ1n) is 5.83. The summed E-state index contributed by atoms with van der Waals surface area (Å²) in [6.07, 6.45) is 0. The molecule has 1 aromatic heterocycles. The van der Waals surface area contributed by atoms with E-state index in [2.05, 4.69) is 0 Å². The van der Waals surface area contributed by atoms with Crippen molar-refractivity contribution in [2.45, 2.75) is 4.90 Å². The van der Waals surface area contributed by atoms with Crippen LogP contribution in [0.5, 0.6) is 0 Å². The van der Waals surface area contributed by atoms with E-state index in [1.54, 1.807) is 6.07 Å². The van der Waals surface area contributed by atoms with Crippen molar-refractivity contribution in [3.8, 4) is 0 Å². The van der Waals surface area contributed by atoms with Crippen LogP contribution < -0.4 is 5.76 Å². The second-order valence-corrected chi connectivity index (χ2v) is 7.23. The summed E-state index contributed by atoms with van der Waals surface area (Å²) in [7, 11) is -4.15. The molecule has 0 aliphatic carbocycles. The lowest BCUT2D eigenvalue weighted by Gasteiger charge is -2.05. The lowest BCUT2D eigenvalue weighted by atomic mass is 10.3. The molecule has 0 bridgehead atoms. The third-order valence-corrected chi connectivity index (χ3v) is 5.89. The van der Waals surface area contributed by atoms with Crippen molar-refractivity contribution < 1.29 is 12.8 Å². The zero-order chi connectivity index (χ0) is 16.1. The van der Waals surface area contributed by atoms with E-state index in [1.165, 1.54) is 30.3 Å². The third-order valence-electron chi connectivity index (χ3n) is 2.95. The van der Waals surface area contributed by atoms with E-state index in [4.69, 9.17) is 39.2 Å². The molecule has 0 saturated heterocycles. The fourth-order valence-corrected chi connectivity index (χ4v) is 3.93. The number of aromatic nitrogens is 1. The number of hydrogen-bond acceptors (Lipinski definition) is 4. The Labute approximate surface area is 139 Å². The highest BCUT2D eigenvalue weighted by molar-refractivity contribution is 7.90. The predicted molar refractivity (Wildman–Crippen MR) is 84.5 cm³/mol. The van der Waals surface area contributed by atoms with Crippen LogP contribution in [0.2, 0.25) is 15.1 Å². The molecule has 0 fully saturated rings. The molecule has 3 aromatic rings. The fourth-order valence-electron chi connectivity index (χ4n) is 1.97. The topological polar surface area (TPSA) is 69.3 Å². The summed E-state index contributed by atoms with van der Waals surface area (Å²) in [5.74, 6) is -1.10. The Morgan fingerprint density at radius 3 is 2.27 bits per heavy atom. The van der Waals surface area contributed by atoms with Crippen LogP contribution in [0.4, 0.5) is 0 Å². The molecule has 22 heavy (non-hydrogen) atoms. The van der Waals surface area contributed by atoms with E-state index in [9.17, 15) is 13.2 Å². The summed E-state index contributed by atoms with van der Waals surface area (Å²) < 4.78 is 30.7. The number of fused-ring (bicyclic) bond motifs is 1. The SMILES string of the molecule is O=c1oc2c(Cl)c(Cl)c(Cl)cc2n1S(=O)(=O)c1ccccc1. The predicted octanol–water partition coefficient (Wildman–Crippen LogP) is 3.79. The van der Waals surface area contributed by atoms with Gasteiger partial charge in [-0.2, -0.15) is 3.97 Å². The third kappa shape index (κ3) is 2.23. The van der Waals surface area contributed by atoms with Gasteiger partial charge in [-0.05, 0) is 18.2 Å². The van der Waals surface area contributed by atoms with Gasteiger partial charge in [-0.1, -0.05) is 53.0 Å². The van der Waals surface area contributed by atoms with Gasteiger partial charge in [0.05, 0.1) is 14.9 Å². The van der Waals surface area contributed by atoms with Crippen LogP contribution in [-0.2, 0) is 10.0 Å². The molecule has 0 aliphatic rings. The highest BCUT2D eigenvalue weighted by atomic mass is 35.5. The van der Waals surface area contributed by atoms with Crippen molar-refractivity contribution in [3.63, 3.8) is 0 Å². The van der Waals surface area contributed by atoms with Gasteiger partial charge in [-0.15, -0.1) is 0 Å². The molecule has 0 aliphatic heterocycles. The summed E-state index contributed by atoms with van der Waals surface area (Å²) in [4.78, 5) is 11.9. The molecule has 3 rings (SSSR count). The van der Waals surface area contributed by atoms with Crippen LogP contribution in [0, 0.1) is 0 Å². The van der Waals surface area contributed by atoms with Crippen LogP contribution >= 0.6 is 34.8 Å². The van der Waals surface area contributed by atoms with Crippen molar-refractivity contribution in [2.24, 2.45) is 0 Å². The highest BCUT2D eigenvalue weighted by Crippen LogP contribution is 2.37. The Hall–Kier alpha value is -1.47. The van der Waals surface area contributed by atoms with Gasteiger partial charge in [-0.3, -0.25) is 0 Å². The number of rotatable bonds is 2. The molecule has 0 N–H and O–H groups in total. The first-order valence-corrected chi connectivity index (χ1v) is 8.41. The maximum Gasteiger partial charge on any atom is 0.434 e. The Morgan fingerprint density at radius 2 is 1.64 bits per heavy atom. The Balaban J connectivity index is 2.43. The van der Waals surface area contributed by atoms with E-state index in [0.29, 0.717) is 3.97 Å². The summed E-state index contributed by atoms with van der Waals surface area (Å²) in [6.45, 7) is 0. The van der Waals surface area contributed by atoms with Crippen LogP contribution in [0.25, 0.3) is 11.1 Å². The first kappa shape index (κ1) is 15.4. The maximum absolute atomic E-state index is 12.6. The highest BCUT2D eigenvalue weighted by Gasteiger charge is 2.26. The van der Waals surface area contributed by atoms with E-state index in [-0.39, 0.29) is 31.1 Å². The first-order chi connectivity index (χ1) is 10.3. The minimum absolute atomic E-state index is 0.0111. The largest absolute Gasteiger partial charge is 0.434 e. The number of halogens is 3. The quantitative estimate of drug-likeness (QED) is 0.636. The molecule has 0 saturated carbocycles. The average Bonchev–Trinajstić information content (AvgIpc) is 2.83. The van der Waals surface area contributed by atoms with Crippen LogP contribution in [0.3, 0.4) is 0 Å². The van der Waals surface area contributed by atoms with Crippen molar-refractivity contribution in [1.82, 2.24) is 3.97 Å². The van der Waals surface area contributed by atoms with E-state index < -0.39 is 15.8 Å². The summed E-state index contributed by atoms with van der Waals surface area (Å²) >= 11 is 17.7. The molecule has 0 unspecified atom stereocenters. The minimum Gasteiger partial charge on any atom is -0.405 e. The van der Waals surface area contributed by atoms with Gasteiger partial charge >= 0.3 is 5.76 Å². The number of benzene rings is 2. The standard InChI is InChI=1S/C13H6Cl3NO4S/c14-8-6-9-12(11(16)10(8)15)21-13(18)17(9)22(19,20)7-4-2-1-3-5-7/h1-6H. The lowest BCUT2D eigenvalue weighted by Crippen LogP contribution is -2.23. The second kappa shape index (κ2) is 5.31. The normalized spacial score (nSPS) is 12.0. The fraction of sp³-hybridized carbons (Fsp3) is 0. The zero-order valence-electron chi connectivity index (χ0n) is 10.6. The van der Waals surface area contributed by atoms with E-state index in [1.807, 2.05) is 0 Å². The van der Waals surface area contributed by atoms with Gasteiger partial charge < -0.3 is 4.42 Å². The minimum atomic E-state index is -4.15. The lowest BCUT2D eigenvalue weighted by molar-refractivity contribution is 0.534. The molecule has 5 nitrogen and oxygen atoms in total. The molecular weight excluding hydrogens is 373 g/mol. The molecule has 9 heteroatoms. The van der Waals surface area contributed by atoms with Crippen molar-refractivity contribution in [2.75, 3.05) is 0 Å². The van der Waals surface area contributed by atoms with Gasteiger partial charge in [0.2, 0.25) is 0 Å². The molecule has 114 valence electrons. The van der Waals surface area contributed by atoms with Crippen molar-refractivity contribution in [3.05, 3.63) is 62.0 Å². The monoisotopic (exact) mass is 377 g/mol. The summed E-state index contributed by atoms with van der Waals surface area (Å²) in [5.41, 5.74) is -0.214. The summed E-state index contributed by atoms with van der Waals surface area (Å²) in [5, 5.41) is -0.130. The number of oxazole rings is 1. The van der Waals surface area contributed by atoms with Crippen LogP contribution in [-0.4, -0.2) is 12.4 Å². The number of nitrogens with zero attached hydrogens (tertiary/aromatic N) is 1. The van der Waals surface area contributed by atoms with Crippen LogP contribution in [0.1, 0.15) is 0 Å². The summed E-state index contributed by atoms with van der Waals surface area (Å²) in [6, 6.07) is 8.67. The second-order valence-electron chi connectivity index (χ2n) is 4.29. The Bertz CT molecular complexity index is 1040. The molecular formula is C13H6Cl3NO4S. The van der Waals surface area contributed by atoms with Gasteiger partial charge in [0.1, 0.15) is 10.5 Å². The molecule has 0 radical (unpaired) electrons.